The largest absolute Gasteiger partial charge is 0.357 e. The van der Waals surface area contributed by atoms with Crippen molar-refractivity contribution < 1.29 is 0 Å². The van der Waals surface area contributed by atoms with Crippen molar-refractivity contribution in [2.45, 2.75) is 6.54 Å². The molecular weight excluding hydrogens is 266 g/mol. The minimum absolute atomic E-state index is 0.598. The van der Waals surface area contributed by atoms with Crippen molar-refractivity contribution in [3.05, 3.63) is 71.8 Å². The zero-order chi connectivity index (χ0) is 14.2. The molecule has 0 bridgehead atoms. The van der Waals surface area contributed by atoms with Crippen LogP contribution in [0, 0.1) is 0 Å². The molecular formula is C16H17N3S. The molecule has 0 atom stereocenters. The van der Waals surface area contributed by atoms with Gasteiger partial charge in [-0.3, -0.25) is 0 Å². The zero-order valence-electron chi connectivity index (χ0n) is 11.4. The lowest BCUT2D eigenvalue weighted by molar-refractivity contribution is 0.532. The third-order valence-electron chi connectivity index (χ3n) is 2.76. The number of hydrogen-bond acceptors (Lipinski definition) is 2. The summed E-state index contributed by atoms with van der Waals surface area (Å²) in [7, 11) is 1.83. The average molecular weight is 283 g/mol. The number of hydrazone groups is 1. The van der Waals surface area contributed by atoms with Crippen molar-refractivity contribution in [2.75, 3.05) is 7.05 Å². The first-order valence-corrected chi connectivity index (χ1v) is 6.81. The number of nitrogens with zero attached hydrogens (tertiary/aromatic N) is 2. The Hall–Kier alpha value is -2.20. The summed E-state index contributed by atoms with van der Waals surface area (Å²) in [6.45, 7) is 0.699. The molecule has 4 heteroatoms. The maximum Gasteiger partial charge on any atom is 0.189 e. The van der Waals surface area contributed by atoms with Crippen LogP contribution in [-0.2, 0) is 6.54 Å². The van der Waals surface area contributed by atoms with E-state index in [2.05, 4.69) is 22.6 Å². The van der Waals surface area contributed by atoms with E-state index in [0.717, 1.165) is 5.56 Å². The maximum absolute atomic E-state index is 5.29. The first-order chi connectivity index (χ1) is 9.75. The van der Waals surface area contributed by atoms with Gasteiger partial charge >= 0.3 is 0 Å². The average Bonchev–Trinajstić information content (AvgIpc) is 2.52. The molecule has 0 spiro atoms. The van der Waals surface area contributed by atoms with Crippen LogP contribution >= 0.6 is 12.2 Å². The summed E-state index contributed by atoms with van der Waals surface area (Å²) in [5, 5.41) is 9.75. The van der Waals surface area contributed by atoms with E-state index < -0.39 is 0 Å². The smallest absolute Gasteiger partial charge is 0.189 e. The van der Waals surface area contributed by atoms with Crippen LogP contribution in [0.15, 0.2) is 65.8 Å². The highest BCUT2D eigenvalue weighted by atomic mass is 32.1. The van der Waals surface area contributed by atoms with Crippen molar-refractivity contribution >= 4 is 23.5 Å². The molecule has 0 aliphatic rings. The summed E-state index contributed by atoms with van der Waals surface area (Å²) in [5.74, 6) is 0. The Balaban J connectivity index is 1.85. The molecule has 0 saturated heterocycles. The normalized spacial score (nSPS) is 10.4. The Labute approximate surface area is 124 Å². The summed E-state index contributed by atoms with van der Waals surface area (Å²) < 4.78 is 0. The van der Waals surface area contributed by atoms with Gasteiger partial charge in [0.15, 0.2) is 5.11 Å². The van der Waals surface area contributed by atoms with E-state index in [1.165, 1.54) is 5.56 Å². The fourth-order valence-electron chi connectivity index (χ4n) is 1.63. The fraction of sp³-hybridized carbons (Fsp3) is 0.125. The molecule has 0 radical (unpaired) electrons. The summed E-state index contributed by atoms with van der Waals surface area (Å²) in [5.41, 5.74) is 2.24. The molecule has 0 aromatic heterocycles. The molecule has 1 N–H and O–H groups in total. The third kappa shape index (κ3) is 4.48. The number of thiocarbonyl (C=S) groups is 1. The zero-order valence-corrected chi connectivity index (χ0v) is 12.2. The van der Waals surface area contributed by atoms with Crippen molar-refractivity contribution in [3.63, 3.8) is 0 Å². The second kappa shape index (κ2) is 7.40. The van der Waals surface area contributed by atoms with E-state index in [1.807, 2.05) is 55.6 Å². The quantitative estimate of drug-likeness (QED) is 0.531. The number of rotatable bonds is 4. The highest BCUT2D eigenvalue weighted by molar-refractivity contribution is 7.80. The van der Waals surface area contributed by atoms with Gasteiger partial charge in [-0.2, -0.15) is 5.10 Å². The SMILES string of the molecule is CN(/N=C\c1ccccc1)C(=S)NCc1ccccc1. The van der Waals surface area contributed by atoms with Gasteiger partial charge in [-0.15, -0.1) is 0 Å². The standard InChI is InChI=1S/C16H17N3S/c1-19(18-13-15-10-6-3-7-11-15)16(20)17-12-14-8-4-2-5-9-14/h2-11,13H,12H2,1H3,(H,17,20)/b18-13-. The van der Waals surface area contributed by atoms with Gasteiger partial charge in [0, 0.05) is 13.6 Å². The number of nitrogens with one attached hydrogen (secondary N) is 1. The van der Waals surface area contributed by atoms with Crippen LogP contribution in [0.5, 0.6) is 0 Å². The molecule has 0 heterocycles. The van der Waals surface area contributed by atoms with Crippen LogP contribution in [0.4, 0.5) is 0 Å². The molecule has 2 aromatic rings. The van der Waals surface area contributed by atoms with Crippen LogP contribution in [-0.4, -0.2) is 23.4 Å². The molecule has 0 unspecified atom stereocenters. The van der Waals surface area contributed by atoms with Crippen molar-refractivity contribution in [3.8, 4) is 0 Å². The summed E-state index contributed by atoms with van der Waals surface area (Å²) >= 11 is 5.29. The van der Waals surface area contributed by atoms with Gasteiger partial charge < -0.3 is 5.32 Å². The van der Waals surface area contributed by atoms with Gasteiger partial charge in [0.2, 0.25) is 0 Å². The molecule has 0 amide bonds. The fourth-order valence-corrected chi connectivity index (χ4v) is 1.75. The number of hydrogen-bond donors (Lipinski definition) is 1. The molecule has 0 fully saturated rings. The Morgan fingerprint density at radius 2 is 1.70 bits per heavy atom. The van der Waals surface area contributed by atoms with Crippen LogP contribution in [0.3, 0.4) is 0 Å². The van der Waals surface area contributed by atoms with Crippen LogP contribution < -0.4 is 5.32 Å². The Bertz CT molecular complexity index is 567. The summed E-state index contributed by atoms with van der Waals surface area (Å²) in [6.07, 6.45) is 1.79. The van der Waals surface area contributed by atoms with Gasteiger partial charge in [0.05, 0.1) is 6.21 Å². The monoisotopic (exact) mass is 283 g/mol. The lowest BCUT2D eigenvalue weighted by Crippen LogP contribution is -2.33. The maximum atomic E-state index is 5.29. The molecule has 20 heavy (non-hydrogen) atoms. The van der Waals surface area contributed by atoms with Crippen molar-refractivity contribution in [1.29, 1.82) is 0 Å². The molecule has 2 aromatic carbocycles. The molecule has 3 nitrogen and oxygen atoms in total. The van der Waals surface area contributed by atoms with E-state index in [9.17, 15) is 0 Å². The van der Waals surface area contributed by atoms with Gasteiger partial charge in [-0.25, -0.2) is 5.01 Å². The van der Waals surface area contributed by atoms with E-state index in [-0.39, 0.29) is 0 Å². The van der Waals surface area contributed by atoms with Crippen LogP contribution in [0.2, 0.25) is 0 Å². The third-order valence-corrected chi connectivity index (χ3v) is 3.17. The van der Waals surface area contributed by atoms with Gasteiger partial charge in [-0.1, -0.05) is 60.7 Å². The molecule has 2 rings (SSSR count). The van der Waals surface area contributed by atoms with Crippen LogP contribution in [0.25, 0.3) is 0 Å². The van der Waals surface area contributed by atoms with E-state index >= 15 is 0 Å². The second-order valence-electron chi connectivity index (χ2n) is 4.32. The topological polar surface area (TPSA) is 27.6 Å². The van der Waals surface area contributed by atoms with Crippen LogP contribution in [0.1, 0.15) is 11.1 Å². The highest BCUT2D eigenvalue weighted by Crippen LogP contribution is 1.99. The molecule has 0 saturated carbocycles. The minimum atomic E-state index is 0.598. The Kier molecular flexibility index (Phi) is 5.26. The van der Waals surface area contributed by atoms with E-state index in [4.69, 9.17) is 12.2 Å². The number of benzene rings is 2. The summed E-state index contributed by atoms with van der Waals surface area (Å²) in [6, 6.07) is 20.1. The van der Waals surface area contributed by atoms with Gasteiger partial charge in [0.1, 0.15) is 0 Å². The minimum Gasteiger partial charge on any atom is -0.357 e. The lowest BCUT2D eigenvalue weighted by Gasteiger charge is -2.15. The Morgan fingerprint density at radius 3 is 2.35 bits per heavy atom. The highest BCUT2D eigenvalue weighted by Gasteiger charge is 2.01. The van der Waals surface area contributed by atoms with Crippen molar-refractivity contribution in [2.24, 2.45) is 5.10 Å². The Morgan fingerprint density at radius 1 is 1.10 bits per heavy atom. The molecule has 102 valence electrons. The van der Waals surface area contributed by atoms with Gasteiger partial charge in [-0.05, 0) is 23.3 Å². The van der Waals surface area contributed by atoms with Crippen molar-refractivity contribution in [1.82, 2.24) is 10.3 Å². The summed E-state index contributed by atoms with van der Waals surface area (Å²) in [4.78, 5) is 0. The first-order valence-electron chi connectivity index (χ1n) is 6.40. The molecule has 0 aliphatic heterocycles. The predicted molar refractivity (Wildman–Crippen MR) is 87.7 cm³/mol. The lowest BCUT2D eigenvalue weighted by atomic mass is 10.2. The predicted octanol–water partition coefficient (Wildman–Crippen LogP) is 3.03. The first kappa shape index (κ1) is 14.2. The van der Waals surface area contributed by atoms with E-state index in [1.54, 1.807) is 11.2 Å². The second-order valence-corrected chi connectivity index (χ2v) is 4.71. The molecule has 0 aliphatic carbocycles. The van der Waals surface area contributed by atoms with Gasteiger partial charge in [0.25, 0.3) is 0 Å². The van der Waals surface area contributed by atoms with E-state index in [0.29, 0.717) is 11.7 Å².